The van der Waals surface area contributed by atoms with Gasteiger partial charge in [-0.15, -0.1) is 0 Å². The predicted octanol–water partition coefficient (Wildman–Crippen LogP) is 5.06. The number of fused-ring (bicyclic) bond motifs is 5. The van der Waals surface area contributed by atoms with Crippen LogP contribution in [0.1, 0.15) is 92.4 Å². The van der Waals surface area contributed by atoms with Gasteiger partial charge in [0.25, 0.3) is 0 Å². The lowest BCUT2D eigenvalue weighted by atomic mass is 9.43. The molecule has 4 rings (SSSR count). The van der Waals surface area contributed by atoms with Crippen LogP contribution in [0.5, 0.6) is 0 Å². The van der Waals surface area contributed by atoms with Crippen molar-refractivity contribution in [1.82, 2.24) is 0 Å². The molecule has 0 aromatic carbocycles. The van der Waals surface area contributed by atoms with E-state index in [4.69, 9.17) is 12.5 Å². The Hall–Kier alpha value is -0.650. The van der Waals surface area contributed by atoms with Gasteiger partial charge in [0.15, 0.2) is 0 Å². The van der Waals surface area contributed by atoms with Gasteiger partial charge in [-0.25, -0.2) is 12.5 Å². The highest BCUT2D eigenvalue weighted by Gasteiger charge is 2.65. The smallest absolute Gasteiger partial charge is 0.264 e. The second kappa shape index (κ2) is 12.2. The van der Waals surface area contributed by atoms with Gasteiger partial charge in [0.1, 0.15) is 12.2 Å². The van der Waals surface area contributed by atoms with E-state index in [-0.39, 0.29) is 36.0 Å². The molecule has 1 unspecified atom stereocenters. The van der Waals surface area contributed by atoms with Crippen molar-refractivity contribution >= 4 is 31.2 Å². The highest BCUT2D eigenvalue weighted by Crippen LogP contribution is 2.69. The second-order valence-corrected chi connectivity index (χ2v) is 17.5. The fraction of sp³-hybridized carbons (Fsp3) is 0.929. The number of hydrogen-bond acceptors (Lipinski definition) is 9. The maximum absolute atomic E-state index is 12.0. The molecule has 15 heteroatoms. The van der Waals surface area contributed by atoms with Gasteiger partial charge in [-0.2, -0.15) is 25.3 Å². The van der Waals surface area contributed by atoms with Crippen molar-refractivity contribution in [1.29, 1.82) is 0 Å². The summed E-state index contributed by atoms with van der Waals surface area (Å²) in [5.41, 5.74) is 0.342. The monoisotopic (exact) mass is 672 g/mol. The van der Waals surface area contributed by atoms with E-state index in [2.05, 4.69) is 34.3 Å². The minimum absolute atomic E-state index is 0.00546. The van der Waals surface area contributed by atoms with Gasteiger partial charge in [-0.1, -0.05) is 39.8 Å². The number of allylic oxidation sites excluding steroid dienone is 1. The zero-order chi connectivity index (χ0) is 32.3. The Labute approximate surface area is 257 Å². The van der Waals surface area contributed by atoms with Crippen LogP contribution in [0.2, 0.25) is 0 Å². The summed E-state index contributed by atoms with van der Waals surface area (Å²) < 4.78 is 114. The average molecular weight is 673 g/mol. The maximum atomic E-state index is 12.0. The second-order valence-electron chi connectivity index (χ2n) is 14.4. The first-order chi connectivity index (χ1) is 19.5. The van der Waals surface area contributed by atoms with Crippen molar-refractivity contribution in [2.24, 2.45) is 52.3 Å². The van der Waals surface area contributed by atoms with E-state index in [9.17, 15) is 38.9 Å². The molecule has 4 fully saturated rings. The lowest BCUT2D eigenvalue weighted by molar-refractivity contribution is -0.184. The van der Waals surface area contributed by atoms with Gasteiger partial charge in [-0.05, 0) is 117 Å². The number of hydrogen-bond donors (Lipinski definition) is 3. The Morgan fingerprint density at radius 1 is 0.767 bits per heavy atom. The molecule has 0 bridgehead atoms. The summed E-state index contributed by atoms with van der Waals surface area (Å²) in [6.45, 7) is 14.9. The van der Waals surface area contributed by atoms with Gasteiger partial charge in [0.2, 0.25) is 0 Å². The maximum Gasteiger partial charge on any atom is 0.397 e. The fourth-order valence-corrected chi connectivity index (χ4v) is 11.5. The molecule has 0 aromatic rings. The van der Waals surface area contributed by atoms with Gasteiger partial charge < -0.3 is 0 Å². The molecule has 0 saturated heterocycles. The molecule has 0 aromatic heterocycles. The first-order valence-electron chi connectivity index (χ1n) is 15.2. The molecule has 4 saturated carbocycles. The molecule has 3 N–H and O–H groups in total. The zero-order valence-electron chi connectivity index (χ0n) is 25.6. The molecule has 0 heterocycles. The molecule has 4 aliphatic carbocycles. The van der Waals surface area contributed by atoms with Crippen molar-refractivity contribution < 1.29 is 51.5 Å². The van der Waals surface area contributed by atoms with Crippen molar-refractivity contribution in [2.75, 3.05) is 0 Å². The Bertz CT molecular complexity index is 1380. The largest absolute Gasteiger partial charge is 0.397 e. The van der Waals surface area contributed by atoms with Gasteiger partial charge in [-0.3, -0.25) is 13.7 Å². The summed E-state index contributed by atoms with van der Waals surface area (Å²) >= 11 is 0. The fourth-order valence-electron chi connectivity index (χ4n) is 9.97. The minimum Gasteiger partial charge on any atom is -0.264 e. The lowest BCUT2D eigenvalue weighted by Crippen LogP contribution is -2.62. The van der Waals surface area contributed by atoms with E-state index in [1.54, 1.807) is 0 Å². The summed E-state index contributed by atoms with van der Waals surface area (Å²) in [5, 5.41) is 0. The Kier molecular flexibility index (Phi) is 9.97. The minimum atomic E-state index is -5.06. The van der Waals surface area contributed by atoms with Crippen LogP contribution in [0.25, 0.3) is 0 Å². The third-order valence-corrected chi connectivity index (χ3v) is 13.5. The van der Waals surface area contributed by atoms with Crippen LogP contribution in [0.4, 0.5) is 0 Å². The Balaban J connectivity index is 1.67. The molecule has 0 aliphatic heterocycles. The van der Waals surface area contributed by atoms with E-state index >= 15 is 0 Å². The molecule has 4 aliphatic rings. The molecule has 12 nitrogen and oxygen atoms in total. The quantitative estimate of drug-likeness (QED) is 0.196. The van der Waals surface area contributed by atoms with Crippen LogP contribution in [0.15, 0.2) is 12.2 Å². The molecule has 0 radical (unpaired) electrons. The highest BCUT2D eigenvalue weighted by atomic mass is 32.3. The molecular formula is C28H48O12S3. The van der Waals surface area contributed by atoms with Crippen LogP contribution in [-0.2, 0) is 43.7 Å². The predicted molar refractivity (Wildman–Crippen MR) is 158 cm³/mol. The standard InChI is InChI=1S/C28H48O12S3/c1-16(2)17(3)7-8-18(4)20-9-10-21-19-13-24(38-41(29,30)31)23-14-25(39-42(32,33)34)26(40-43(35,36)37)15-28(23,6)22(19)11-12-27(20,21)5/h17-26H,1,7-15H2,2-6H3,(H,29,30,31)(H,32,33,34)(H,35,36,37)/t17?,18-,19+,20-,21+,22+,23-,24+,25+,26+,27-,28-/m1/s1. The Morgan fingerprint density at radius 3 is 1.86 bits per heavy atom. The van der Waals surface area contributed by atoms with Crippen LogP contribution < -0.4 is 0 Å². The van der Waals surface area contributed by atoms with Crippen molar-refractivity contribution in [3.63, 3.8) is 0 Å². The first kappa shape index (κ1) is 35.2. The van der Waals surface area contributed by atoms with Crippen LogP contribution in [-0.4, -0.2) is 57.2 Å². The molecule has 12 atom stereocenters. The molecule has 0 amide bonds. The summed E-state index contributed by atoms with van der Waals surface area (Å²) in [6.07, 6.45) is 1.71. The summed E-state index contributed by atoms with van der Waals surface area (Å²) in [5.74, 6) is 0.900. The topological polar surface area (TPSA) is 191 Å². The zero-order valence-corrected chi connectivity index (χ0v) is 28.0. The normalized spacial score (nSPS) is 41.5. The van der Waals surface area contributed by atoms with E-state index in [1.165, 1.54) is 5.57 Å². The summed E-state index contributed by atoms with van der Waals surface area (Å²) in [4.78, 5) is 0. The van der Waals surface area contributed by atoms with E-state index in [1.807, 2.05) is 6.92 Å². The molecule has 43 heavy (non-hydrogen) atoms. The SMILES string of the molecule is C=C(C)C(C)CC[C@@H](C)[C@H]1CC[C@H]2[C@@H]3C[C@H](OS(=O)(=O)O)[C@H]4C[C@H](OS(=O)(=O)O)[C@@H](OS(=O)(=O)O)C[C@]4(C)[C@H]3CC[C@]12C. The molecule has 0 spiro atoms. The third kappa shape index (κ3) is 7.67. The summed E-state index contributed by atoms with van der Waals surface area (Å²) in [7, 11) is -15.0. The van der Waals surface area contributed by atoms with E-state index < -0.39 is 60.8 Å². The first-order valence-corrected chi connectivity index (χ1v) is 19.3. The van der Waals surface area contributed by atoms with Gasteiger partial charge in [0, 0.05) is 0 Å². The van der Waals surface area contributed by atoms with Crippen molar-refractivity contribution in [3.05, 3.63) is 12.2 Å². The van der Waals surface area contributed by atoms with Crippen molar-refractivity contribution in [2.45, 2.75) is 111 Å². The van der Waals surface area contributed by atoms with Crippen LogP contribution >= 0.6 is 0 Å². The van der Waals surface area contributed by atoms with Crippen LogP contribution in [0, 0.1) is 52.3 Å². The highest BCUT2D eigenvalue weighted by molar-refractivity contribution is 7.81. The van der Waals surface area contributed by atoms with Crippen LogP contribution in [0.3, 0.4) is 0 Å². The van der Waals surface area contributed by atoms with Crippen molar-refractivity contribution in [3.8, 4) is 0 Å². The third-order valence-electron chi connectivity index (χ3n) is 12.0. The lowest BCUT2D eigenvalue weighted by Gasteiger charge is -2.63. The number of rotatable bonds is 11. The average Bonchev–Trinajstić information content (AvgIpc) is 3.18. The van der Waals surface area contributed by atoms with E-state index in [0.717, 1.165) is 38.5 Å². The van der Waals surface area contributed by atoms with E-state index in [0.29, 0.717) is 24.2 Å². The summed E-state index contributed by atoms with van der Waals surface area (Å²) in [6, 6.07) is 0. The van der Waals surface area contributed by atoms with Gasteiger partial charge >= 0.3 is 31.2 Å². The molecule has 250 valence electrons. The Morgan fingerprint density at radius 2 is 1.30 bits per heavy atom. The van der Waals surface area contributed by atoms with Gasteiger partial charge in [0.05, 0.1) is 6.10 Å². The molecular weight excluding hydrogens is 624 g/mol.